The third-order valence-electron chi connectivity index (χ3n) is 4.54. The predicted molar refractivity (Wildman–Crippen MR) is 87.8 cm³/mol. The molecule has 1 atom stereocenters. The molecule has 1 saturated carbocycles. The van der Waals surface area contributed by atoms with E-state index in [9.17, 15) is 4.79 Å². The molecule has 1 aliphatic carbocycles. The highest BCUT2D eigenvalue weighted by Gasteiger charge is 2.29. The molecule has 0 radical (unpaired) electrons. The highest BCUT2D eigenvalue weighted by molar-refractivity contribution is 5.94. The van der Waals surface area contributed by atoms with E-state index in [4.69, 9.17) is 4.52 Å². The van der Waals surface area contributed by atoms with Crippen LogP contribution in [0.4, 0.5) is 5.82 Å². The van der Waals surface area contributed by atoms with Gasteiger partial charge in [-0.2, -0.15) is 4.98 Å². The van der Waals surface area contributed by atoms with Crippen molar-refractivity contribution < 1.29 is 9.32 Å². The van der Waals surface area contributed by atoms with Crippen molar-refractivity contribution in [2.24, 2.45) is 0 Å². The zero-order valence-electron chi connectivity index (χ0n) is 13.7. The Morgan fingerprint density at radius 2 is 2.21 bits per heavy atom. The first-order chi connectivity index (χ1) is 11.7. The fraction of sp³-hybridized carbons (Fsp3) is 0.529. The summed E-state index contributed by atoms with van der Waals surface area (Å²) in [6.45, 7) is 3.18. The summed E-state index contributed by atoms with van der Waals surface area (Å²) in [6.07, 6.45) is 5.97. The molecular weight excluding hydrogens is 306 g/mol. The van der Waals surface area contributed by atoms with Crippen molar-refractivity contribution in [3.63, 3.8) is 0 Å². The Hall–Kier alpha value is -2.44. The lowest BCUT2D eigenvalue weighted by Gasteiger charge is -2.31. The van der Waals surface area contributed by atoms with E-state index in [-0.39, 0.29) is 11.8 Å². The molecule has 2 aliphatic rings. The molecule has 1 aliphatic heterocycles. The van der Waals surface area contributed by atoms with Gasteiger partial charge in [-0.3, -0.25) is 4.79 Å². The molecule has 7 nitrogen and oxygen atoms in total. The van der Waals surface area contributed by atoms with Gasteiger partial charge in [0.1, 0.15) is 5.82 Å². The normalized spacial score (nSPS) is 20.9. The zero-order chi connectivity index (χ0) is 16.5. The van der Waals surface area contributed by atoms with Crippen molar-refractivity contribution >= 4 is 11.7 Å². The Kier molecular flexibility index (Phi) is 3.92. The molecule has 7 heteroatoms. The van der Waals surface area contributed by atoms with Crippen LogP contribution < -0.4 is 5.32 Å². The van der Waals surface area contributed by atoms with Crippen LogP contribution in [0.2, 0.25) is 0 Å². The largest absolute Gasteiger partial charge is 0.367 e. The van der Waals surface area contributed by atoms with Gasteiger partial charge in [0, 0.05) is 25.3 Å². The number of rotatable bonds is 4. The van der Waals surface area contributed by atoms with Gasteiger partial charge in [0.25, 0.3) is 5.91 Å². The molecule has 2 aromatic rings. The maximum atomic E-state index is 12.7. The smallest absolute Gasteiger partial charge is 0.255 e. The third-order valence-corrected chi connectivity index (χ3v) is 4.54. The van der Waals surface area contributed by atoms with Crippen LogP contribution in [0.1, 0.15) is 53.7 Å². The number of piperidine rings is 1. The van der Waals surface area contributed by atoms with E-state index >= 15 is 0 Å². The topological polar surface area (TPSA) is 84.2 Å². The number of amides is 1. The number of likely N-dealkylation sites (tertiary alicyclic amines) is 1. The van der Waals surface area contributed by atoms with Crippen molar-refractivity contribution in [1.82, 2.24) is 20.0 Å². The number of carbonyl (C=O) groups is 1. The van der Waals surface area contributed by atoms with Crippen LogP contribution in [0, 0.1) is 6.92 Å². The quantitative estimate of drug-likeness (QED) is 0.928. The first kappa shape index (κ1) is 15.1. The van der Waals surface area contributed by atoms with Gasteiger partial charge in [-0.05, 0) is 44.7 Å². The number of pyridine rings is 1. The second-order valence-electron chi connectivity index (χ2n) is 6.62. The summed E-state index contributed by atoms with van der Waals surface area (Å²) in [5.41, 5.74) is 0.624. The molecule has 0 bridgehead atoms. The molecule has 1 saturated heterocycles. The van der Waals surface area contributed by atoms with E-state index in [1.165, 1.54) is 12.8 Å². The van der Waals surface area contributed by atoms with Crippen molar-refractivity contribution in [2.75, 3.05) is 18.4 Å². The van der Waals surface area contributed by atoms with Crippen molar-refractivity contribution in [1.29, 1.82) is 0 Å². The van der Waals surface area contributed by atoms with Crippen LogP contribution in [-0.4, -0.2) is 45.1 Å². The number of anilines is 1. The lowest BCUT2D eigenvalue weighted by atomic mass is 9.97. The Bertz CT molecular complexity index is 723. The maximum absolute atomic E-state index is 12.7. The summed E-state index contributed by atoms with van der Waals surface area (Å²) in [6, 6.07) is 4.29. The van der Waals surface area contributed by atoms with Crippen LogP contribution in [-0.2, 0) is 0 Å². The van der Waals surface area contributed by atoms with E-state index in [0.717, 1.165) is 25.2 Å². The van der Waals surface area contributed by atoms with Crippen LogP contribution in [0.3, 0.4) is 0 Å². The number of carbonyl (C=O) groups excluding carboxylic acids is 1. The summed E-state index contributed by atoms with van der Waals surface area (Å²) < 4.78 is 5.28. The van der Waals surface area contributed by atoms with Crippen LogP contribution in [0.25, 0.3) is 0 Å². The number of hydrogen-bond acceptors (Lipinski definition) is 6. The first-order valence-electron chi connectivity index (χ1n) is 8.51. The number of aromatic nitrogens is 3. The van der Waals surface area contributed by atoms with Gasteiger partial charge in [0.05, 0.1) is 11.5 Å². The van der Waals surface area contributed by atoms with Crippen LogP contribution in [0.5, 0.6) is 0 Å². The standard InChI is InChI=1S/C17H21N5O2/c1-11-19-16(24-21-11)13-3-2-8-22(10-13)17(23)12-4-7-15(18-9-12)20-14-5-6-14/h4,7,9,13-14H,2-3,5-6,8,10H2,1H3,(H,18,20)/t13-/m1/s1. The van der Waals surface area contributed by atoms with Crippen molar-refractivity contribution in [3.8, 4) is 0 Å². The van der Waals surface area contributed by atoms with E-state index < -0.39 is 0 Å². The lowest BCUT2D eigenvalue weighted by molar-refractivity contribution is 0.0695. The third kappa shape index (κ3) is 3.25. The van der Waals surface area contributed by atoms with Crippen molar-refractivity contribution in [3.05, 3.63) is 35.6 Å². The highest BCUT2D eigenvalue weighted by atomic mass is 16.5. The Morgan fingerprint density at radius 1 is 1.33 bits per heavy atom. The van der Waals surface area contributed by atoms with E-state index in [1.54, 1.807) is 6.20 Å². The molecule has 2 fully saturated rings. The summed E-state index contributed by atoms with van der Waals surface area (Å²) >= 11 is 0. The monoisotopic (exact) mass is 327 g/mol. The molecule has 24 heavy (non-hydrogen) atoms. The first-order valence-corrected chi connectivity index (χ1v) is 8.51. The van der Waals surface area contributed by atoms with Gasteiger partial charge in [-0.15, -0.1) is 0 Å². The molecule has 0 aromatic carbocycles. The second kappa shape index (κ2) is 6.22. The molecule has 126 valence electrons. The molecule has 4 rings (SSSR count). The Labute approximate surface area is 140 Å². The van der Waals surface area contributed by atoms with Gasteiger partial charge in [0.2, 0.25) is 5.89 Å². The number of hydrogen-bond donors (Lipinski definition) is 1. The molecule has 2 aromatic heterocycles. The van der Waals surface area contributed by atoms with Gasteiger partial charge in [-0.1, -0.05) is 5.16 Å². The number of aryl methyl sites for hydroxylation is 1. The highest BCUT2D eigenvalue weighted by Crippen LogP contribution is 2.27. The number of nitrogens with zero attached hydrogens (tertiary/aromatic N) is 4. The summed E-state index contributed by atoms with van der Waals surface area (Å²) in [5, 5.41) is 7.18. The van der Waals surface area contributed by atoms with Crippen LogP contribution in [0.15, 0.2) is 22.9 Å². The minimum atomic E-state index is 0.0152. The fourth-order valence-electron chi connectivity index (χ4n) is 3.07. The minimum Gasteiger partial charge on any atom is -0.367 e. The zero-order valence-corrected chi connectivity index (χ0v) is 13.7. The second-order valence-corrected chi connectivity index (χ2v) is 6.62. The molecule has 0 unspecified atom stereocenters. The van der Waals surface area contributed by atoms with Crippen molar-refractivity contribution in [2.45, 2.75) is 44.6 Å². The number of nitrogens with one attached hydrogen (secondary N) is 1. The molecule has 3 heterocycles. The molecule has 1 N–H and O–H groups in total. The summed E-state index contributed by atoms with van der Waals surface area (Å²) in [5.74, 6) is 2.24. The van der Waals surface area contributed by atoms with Gasteiger partial charge in [-0.25, -0.2) is 4.98 Å². The Balaban J connectivity index is 1.43. The maximum Gasteiger partial charge on any atom is 0.255 e. The minimum absolute atomic E-state index is 0.0152. The average molecular weight is 327 g/mol. The summed E-state index contributed by atoms with van der Waals surface area (Å²) in [7, 11) is 0. The Morgan fingerprint density at radius 3 is 2.88 bits per heavy atom. The van der Waals surface area contributed by atoms with E-state index in [2.05, 4.69) is 20.4 Å². The fourth-order valence-corrected chi connectivity index (χ4v) is 3.07. The molecule has 1 amide bonds. The van der Waals surface area contributed by atoms with Gasteiger partial charge < -0.3 is 14.7 Å². The molecule has 0 spiro atoms. The van der Waals surface area contributed by atoms with Crippen LogP contribution >= 0.6 is 0 Å². The average Bonchev–Trinajstić information content (AvgIpc) is 3.32. The SMILES string of the molecule is Cc1noc([C@@H]2CCCN(C(=O)c3ccc(NC4CC4)nc3)C2)n1. The summed E-state index contributed by atoms with van der Waals surface area (Å²) in [4.78, 5) is 23.3. The van der Waals surface area contributed by atoms with E-state index in [1.807, 2.05) is 24.0 Å². The van der Waals surface area contributed by atoms with E-state index in [0.29, 0.717) is 29.9 Å². The predicted octanol–water partition coefficient (Wildman–Crippen LogP) is 2.37. The lowest BCUT2D eigenvalue weighted by Crippen LogP contribution is -2.39. The van der Waals surface area contributed by atoms with Gasteiger partial charge >= 0.3 is 0 Å². The molecular formula is C17H21N5O2. The van der Waals surface area contributed by atoms with Gasteiger partial charge in [0.15, 0.2) is 5.82 Å².